The van der Waals surface area contributed by atoms with Gasteiger partial charge in [0.1, 0.15) is 5.82 Å². The molecular formula is C32H46N6O6S. The van der Waals surface area contributed by atoms with E-state index >= 15 is 0 Å². The first-order valence-corrected chi connectivity index (χ1v) is 17.0. The topological polar surface area (TPSA) is 177 Å². The van der Waals surface area contributed by atoms with Crippen molar-refractivity contribution < 1.29 is 28.2 Å². The van der Waals surface area contributed by atoms with E-state index in [0.717, 1.165) is 42.8 Å². The Labute approximate surface area is 265 Å². The van der Waals surface area contributed by atoms with Crippen LogP contribution in [0.1, 0.15) is 67.0 Å². The van der Waals surface area contributed by atoms with E-state index in [9.17, 15) is 18.3 Å². The quantitative estimate of drug-likeness (QED) is 0.136. The lowest BCUT2D eigenvalue weighted by atomic mass is 10.00. The molecule has 1 aliphatic heterocycles. The number of aliphatic hydroxyl groups is 1. The molecule has 0 radical (unpaired) electrons. The Balaban J connectivity index is 0.00000177. The van der Waals surface area contributed by atoms with E-state index in [1.54, 1.807) is 18.2 Å². The highest BCUT2D eigenvalue weighted by atomic mass is 32.2. The molecule has 0 spiro atoms. The van der Waals surface area contributed by atoms with Gasteiger partial charge in [0.15, 0.2) is 0 Å². The van der Waals surface area contributed by atoms with Crippen LogP contribution in [0.2, 0.25) is 0 Å². The van der Waals surface area contributed by atoms with Gasteiger partial charge >= 0.3 is 0 Å². The molecule has 1 fully saturated rings. The van der Waals surface area contributed by atoms with E-state index in [2.05, 4.69) is 32.8 Å². The SMILES string of the molecule is CCCCc1ncc(CNC[C@@H](O)[C@H](Cc2ccccc2)NC(=O)c2cc(NCC)cc(N3CCCCS3(=O)=O)c2)[nH]1.O=CO. The van der Waals surface area contributed by atoms with Crippen molar-refractivity contribution in [3.05, 3.63) is 77.4 Å². The second kappa shape index (κ2) is 18.1. The summed E-state index contributed by atoms with van der Waals surface area (Å²) < 4.78 is 27.0. The minimum atomic E-state index is -3.45. The van der Waals surface area contributed by atoms with Crippen LogP contribution in [0.5, 0.6) is 0 Å². The van der Waals surface area contributed by atoms with E-state index in [-0.39, 0.29) is 24.7 Å². The molecule has 0 unspecified atom stereocenters. The predicted octanol–water partition coefficient (Wildman–Crippen LogP) is 3.31. The summed E-state index contributed by atoms with van der Waals surface area (Å²) in [6, 6.07) is 14.2. The number of aryl methyl sites for hydroxylation is 1. The summed E-state index contributed by atoms with van der Waals surface area (Å²) in [7, 11) is -3.45. The summed E-state index contributed by atoms with van der Waals surface area (Å²) >= 11 is 0. The van der Waals surface area contributed by atoms with Crippen molar-refractivity contribution in [3.8, 4) is 0 Å². The van der Waals surface area contributed by atoms with Gasteiger partial charge in [-0.2, -0.15) is 0 Å². The number of carbonyl (C=O) groups excluding carboxylic acids is 1. The van der Waals surface area contributed by atoms with Gasteiger partial charge in [-0.25, -0.2) is 13.4 Å². The zero-order valence-corrected chi connectivity index (χ0v) is 26.9. The number of imidazole rings is 1. The Morgan fingerprint density at radius 3 is 2.60 bits per heavy atom. The van der Waals surface area contributed by atoms with Gasteiger partial charge in [0.25, 0.3) is 12.4 Å². The molecule has 2 atom stereocenters. The van der Waals surface area contributed by atoms with Crippen LogP contribution >= 0.6 is 0 Å². The fraction of sp³-hybridized carbons (Fsp3) is 0.469. The van der Waals surface area contributed by atoms with Crippen molar-refractivity contribution in [2.45, 2.75) is 71.1 Å². The molecule has 246 valence electrons. The van der Waals surface area contributed by atoms with Gasteiger partial charge in [-0.05, 0) is 56.4 Å². The maximum absolute atomic E-state index is 13.6. The number of nitrogens with zero attached hydrogens (tertiary/aromatic N) is 2. The van der Waals surface area contributed by atoms with Crippen LogP contribution < -0.4 is 20.3 Å². The zero-order valence-electron chi connectivity index (χ0n) is 26.0. The van der Waals surface area contributed by atoms with Crippen molar-refractivity contribution in [1.29, 1.82) is 0 Å². The normalized spacial score (nSPS) is 15.3. The number of aliphatic hydroxyl groups excluding tert-OH is 1. The van der Waals surface area contributed by atoms with Crippen molar-refractivity contribution in [2.24, 2.45) is 0 Å². The number of carbonyl (C=O) groups is 2. The van der Waals surface area contributed by atoms with Gasteiger partial charge in [-0.3, -0.25) is 13.9 Å². The minimum Gasteiger partial charge on any atom is -0.483 e. The average Bonchev–Trinajstić information content (AvgIpc) is 3.48. The molecule has 0 saturated carbocycles. The maximum atomic E-state index is 13.6. The largest absolute Gasteiger partial charge is 0.483 e. The first kappa shape index (κ1) is 35.5. The Morgan fingerprint density at radius 2 is 1.91 bits per heavy atom. The highest BCUT2D eigenvalue weighted by Gasteiger charge is 2.28. The number of hydrogen-bond donors (Lipinski definition) is 6. The van der Waals surface area contributed by atoms with Crippen molar-refractivity contribution in [2.75, 3.05) is 35.0 Å². The van der Waals surface area contributed by atoms with Gasteiger partial charge < -0.3 is 31.1 Å². The van der Waals surface area contributed by atoms with E-state index in [4.69, 9.17) is 9.90 Å². The average molecular weight is 643 g/mol. The molecule has 6 N–H and O–H groups in total. The van der Waals surface area contributed by atoms with Gasteiger partial charge in [-0.15, -0.1) is 0 Å². The van der Waals surface area contributed by atoms with Gasteiger partial charge in [0.05, 0.1) is 23.6 Å². The first-order valence-electron chi connectivity index (χ1n) is 15.4. The number of aromatic nitrogens is 2. The summed E-state index contributed by atoms with van der Waals surface area (Å²) in [6.45, 7) is 5.62. The number of hydrogen-bond acceptors (Lipinski definition) is 8. The molecule has 1 aromatic heterocycles. The number of nitrogens with one attached hydrogen (secondary N) is 4. The summed E-state index contributed by atoms with van der Waals surface area (Å²) in [4.78, 5) is 29.7. The predicted molar refractivity (Wildman–Crippen MR) is 176 cm³/mol. The molecule has 3 aromatic rings. The molecule has 0 aliphatic carbocycles. The van der Waals surface area contributed by atoms with Gasteiger partial charge in [-0.1, -0.05) is 43.7 Å². The third kappa shape index (κ3) is 11.2. The van der Waals surface area contributed by atoms with Crippen molar-refractivity contribution in [3.63, 3.8) is 0 Å². The number of benzene rings is 2. The Morgan fingerprint density at radius 1 is 1.16 bits per heavy atom. The minimum absolute atomic E-state index is 0.0942. The molecule has 12 nitrogen and oxygen atoms in total. The number of aromatic amines is 1. The smallest absolute Gasteiger partial charge is 0.290 e. The van der Waals surface area contributed by atoms with Crippen LogP contribution in [-0.4, -0.2) is 78.5 Å². The third-order valence-electron chi connectivity index (χ3n) is 7.39. The molecule has 1 saturated heterocycles. The van der Waals surface area contributed by atoms with Crippen LogP contribution in [0.3, 0.4) is 0 Å². The van der Waals surface area contributed by atoms with Crippen LogP contribution in [-0.2, 0) is 34.2 Å². The first-order chi connectivity index (χ1) is 21.7. The monoisotopic (exact) mass is 642 g/mol. The highest BCUT2D eigenvalue weighted by Crippen LogP contribution is 2.28. The van der Waals surface area contributed by atoms with E-state index in [0.29, 0.717) is 49.4 Å². The molecule has 13 heteroatoms. The molecular weight excluding hydrogens is 596 g/mol. The Bertz CT molecular complexity index is 1450. The number of rotatable bonds is 15. The number of sulfonamides is 1. The van der Waals surface area contributed by atoms with Crippen LogP contribution in [0.4, 0.5) is 11.4 Å². The second-order valence-electron chi connectivity index (χ2n) is 10.9. The summed E-state index contributed by atoms with van der Waals surface area (Å²) in [6.07, 6.45) is 5.85. The fourth-order valence-electron chi connectivity index (χ4n) is 5.14. The van der Waals surface area contributed by atoms with Crippen LogP contribution in [0.15, 0.2) is 54.7 Å². The van der Waals surface area contributed by atoms with E-state index < -0.39 is 22.2 Å². The zero-order chi connectivity index (χ0) is 32.7. The Hall–Kier alpha value is -3.94. The van der Waals surface area contributed by atoms with E-state index in [1.807, 2.05) is 43.5 Å². The maximum Gasteiger partial charge on any atom is 0.290 e. The highest BCUT2D eigenvalue weighted by molar-refractivity contribution is 7.92. The van der Waals surface area contributed by atoms with Crippen molar-refractivity contribution >= 4 is 33.8 Å². The second-order valence-corrected chi connectivity index (χ2v) is 12.9. The lowest BCUT2D eigenvalue weighted by Gasteiger charge is -2.29. The molecule has 1 amide bonds. The number of amides is 1. The van der Waals surface area contributed by atoms with E-state index in [1.165, 1.54) is 4.31 Å². The van der Waals surface area contributed by atoms with Gasteiger partial charge in [0.2, 0.25) is 10.0 Å². The molecule has 1 aliphatic rings. The molecule has 0 bridgehead atoms. The van der Waals surface area contributed by atoms with Crippen LogP contribution in [0, 0.1) is 0 Å². The fourth-order valence-corrected chi connectivity index (χ4v) is 6.76. The summed E-state index contributed by atoms with van der Waals surface area (Å²) in [5, 5.41) is 27.6. The number of H-pyrrole nitrogens is 1. The number of carboxylic acid groups (broad SMARTS) is 1. The van der Waals surface area contributed by atoms with Gasteiger partial charge in [0, 0.05) is 55.7 Å². The molecule has 2 aromatic carbocycles. The molecule has 2 heterocycles. The van der Waals surface area contributed by atoms with Crippen molar-refractivity contribution in [1.82, 2.24) is 20.6 Å². The molecule has 4 rings (SSSR count). The lowest BCUT2D eigenvalue weighted by Crippen LogP contribution is -2.48. The third-order valence-corrected chi connectivity index (χ3v) is 9.26. The standard InChI is InChI=1S/C31H44N6O4S.CH2O2/c1-3-5-13-30-34-21-26(35-30)20-32-22-29(38)28(16-23-11-7-6-8-12-23)36-31(39)24-17-25(33-4-2)19-27(18-24)37-14-9-10-15-42(37,40)41;2-1-3/h6-8,11-12,17-19,21,28-29,32-33,38H,3-5,9-10,13-16,20,22H2,1-2H3,(H,34,35)(H,36,39);1H,(H,2,3)/t28-,29+;/m0./s1. The lowest BCUT2D eigenvalue weighted by molar-refractivity contribution is -0.122. The molecule has 45 heavy (non-hydrogen) atoms. The van der Waals surface area contributed by atoms with Crippen LogP contribution in [0.25, 0.3) is 0 Å². The number of anilines is 2. The summed E-state index contributed by atoms with van der Waals surface area (Å²) in [5.41, 5.74) is 3.40. The number of unbranched alkanes of at least 4 members (excludes halogenated alkanes) is 1. The summed E-state index contributed by atoms with van der Waals surface area (Å²) in [5.74, 6) is 0.677. The Kier molecular flexibility index (Phi) is 14.3.